The molecule has 5 atom stereocenters. The van der Waals surface area contributed by atoms with E-state index in [1.165, 1.54) is 24.0 Å². The van der Waals surface area contributed by atoms with Crippen molar-refractivity contribution in [3.63, 3.8) is 0 Å². The molecule has 5 unspecified atom stereocenters. The molecule has 0 radical (unpaired) electrons. The molecule has 0 spiro atoms. The van der Waals surface area contributed by atoms with Gasteiger partial charge >= 0.3 is 0 Å². The number of benzene rings is 1. The van der Waals surface area contributed by atoms with Gasteiger partial charge in [0.2, 0.25) is 0 Å². The molecule has 4 heteroatoms. The van der Waals surface area contributed by atoms with Gasteiger partial charge < -0.3 is 18.9 Å². The van der Waals surface area contributed by atoms with Crippen molar-refractivity contribution in [3.8, 4) is 5.75 Å². The van der Waals surface area contributed by atoms with Gasteiger partial charge in [0.15, 0.2) is 0 Å². The molecule has 4 nitrogen and oxygen atoms in total. The molecule has 1 aromatic carbocycles. The third-order valence-electron chi connectivity index (χ3n) is 7.30. The summed E-state index contributed by atoms with van der Waals surface area (Å²) in [6.07, 6.45) is 10.2. The third-order valence-corrected chi connectivity index (χ3v) is 7.30. The average molecular weight is 427 g/mol. The average Bonchev–Trinajstić information content (AvgIpc) is 3.67. The van der Waals surface area contributed by atoms with Crippen LogP contribution in [0.15, 0.2) is 43.5 Å². The van der Waals surface area contributed by atoms with Crippen LogP contribution in [0.1, 0.15) is 50.7 Å². The van der Waals surface area contributed by atoms with Crippen molar-refractivity contribution in [2.45, 2.75) is 69.7 Å². The Hall–Kier alpha value is -1.62. The molecule has 2 heterocycles. The van der Waals surface area contributed by atoms with Gasteiger partial charge in [0.1, 0.15) is 24.6 Å². The highest BCUT2D eigenvalue weighted by Crippen LogP contribution is 2.45. The van der Waals surface area contributed by atoms with E-state index in [2.05, 4.69) is 51.3 Å². The number of hydrogen-bond donors (Lipinski definition) is 0. The molecule has 1 aliphatic carbocycles. The van der Waals surface area contributed by atoms with E-state index in [9.17, 15) is 0 Å². The van der Waals surface area contributed by atoms with E-state index < -0.39 is 0 Å². The second-order valence-electron chi connectivity index (χ2n) is 9.92. The summed E-state index contributed by atoms with van der Waals surface area (Å²) in [5.41, 5.74) is 2.68. The highest BCUT2D eigenvalue weighted by molar-refractivity contribution is 5.41. The second kappa shape index (κ2) is 9.89. The smallest absolute Gasteiger partial charge is 0.122 e. The fourth-order valence-corrected chi connectivity index (χ4v) is 4.99. The zero-order valence-corrected chi connectivity index (χ0v) is 19.2. The van der Waals surface area contributed by atoms with Crippen LogP contribution in [-0.4, -0.2) is 44.7 Å². The molecule has 170 valence electrons. The van der Waals surface area contributed by atoms with Crippen LogP contribution in [0, 0.1) is 11.8 Å². The summed E-state index contributed by atoms with van der Waals surface area (Å²) in [4.78, 5) is 0. The number of epoxide rings is 2. The Labute approximate surface area is 187 Å². The number of hydrogen-bond acceptors (Lipinski definition) is 4. The van der Waals surface area contributed by atoms with Gasteiger partial charge in [-0.05, 0) is 66.5 Å². The maximum absolute atomic E-state index is 6.25. The standard InChI is InChI=1S/C27H38O4/c1-5-7-19-13-21(9-11-25(19)30-17-23-15-28-23)27(3,4)22-10-12-26(20(14-22)8-6-2)31-18-24-16-29-24/h5-6,9,11,13,20,22-24,26H,1-2,7-8,10,12,14-18H2,3-4H3. The Bertz CT molecular complexity index is 762. The summed E-state index contributed by atoms with van der Waals surface area (Å²) >= 11 is 0. The predicted molar refractivity (Wildman–Crippen MR) is 124 cm³/mol. The molecular formula is C27H38O4. The van der Waals surface area contributed by atoms with Crippen molar-refractivity contribution in [1.29, 1.82) is 0 Å². The maximum Gasteiger partial charge on any atom is 0.122 e. The molecule has 3 fully saturated rings. The summed E-state index contributed by atoms with van der Waals surface area (Å²) in [6, 6.07) is 6.73. The lowest BCUT2D eigenvalue weighted by Crippen LogP contribution is -2.39. The number of rotatable bonds is 12. The number of ether oxygens (including phenoxy) is 4. The van der Waals surface area contributed by atoms with E-state index in [1.807, 2.05) is 6.08 Å². The summed E-state index contributed by atoms with van der Waals surface area (Å²) < 4.78 is 22.9. The normalized spacial score (nSPS) is 29.9. The second-order valence-corrected chi connectivity index (χ2v) is 9.92. The van der Waals surface area contributed by atoms with Crippen molar-refractivity contribution in [3.05, 3.63) is 54.6 Å². The highest BCUT2D eigenvalue weighted by atomic mass is 16.6. The molecule has 0 aromatic heterocycles. The SMILES string of the molecule is C=CCc1cc(C(C)(C)C2CCC(OCC3CO3)C(CC=C)C2)ccc1OCC1CO1. The Morgan fingerprint density at radius 3 is 2.48 bits per heavy atom. The maximum atomic E-state index is 6.25. The molecular weight excluding hydrogens is 388 g/mol. The Kier molecular flexibility index (Phi) is 7.20. The minimum Gasteiger partial charge on any atom is -0.490 e. The molecule has 31 heavy (non-hydrogen) atoms. The first-order valence-corrected chi connectivity index (χ1v) is 11.8. The van der Waals surface area contributed by atoms with E-state index in [0.29, 0.717) is 30.7 Å². The van der Waals surface area contributed by atoms with Gasteiger partial charge in [0, 0.05) is 0 Å². The zero-order chi connectivity index (χ0) is 21.8. The predicted octanol–water partition coefficient (Wildman–Crippen LogP) is 5.25. The molecule has 1 aromatic rings. The molecule has 1 saturated carbocycles. The quantitative estimate of drug-likeness (QED) is 0.338. The summed E-state index contributed by atoms with van der Waals surface area (Å²) in [5, 5.41) is 0. The van der Waals surface area contributed by atoms with Crippen LogP contribution in [0.4, 0.5) is 0 Å². The lowest BCUT2D eigenvalue weighted by molar-refractivity contribution is -0.0353. The first-order chi connectivity index (χ1) is 15.0. The Morgan fingerprint density at radius 1 is 1.06 bits per heavy atom. The van der Waals surface area contributed by atoms with Gasteiger partial charge in [0.05, 0.1) is 25.9 Å². The largest absolute Gasteiger partial charge is 0.490 e. The highest BCUT2D eigenvalue weighted by Gasteiger charge is 2.40. The van der Waals surface area contributed by atoms with Crippen LogP contribution in [0.2, 0.25) is 0 Å². The molecule has 0 amide bonds. The van der Waals surface area contributed by atoms with E-state index in [0.717, 1.165) is 44.8 Å². The first-order valence-electron chi connectivity index (χ1n) is 11.8. The molecule has 0 N–H and O–H groups in total. The van der Waals surface area contributed by atoms with Crippen LogP contribution >= 0.6 is 0 Å². The Balaban J connectivity index is 1.46. The number of allylic oxidation sites excluding steroid dienone is 2. The monoisotopic (exact) mass is 426 g/mol. The fourth-order valence-electron chi connectivity index (χ4n) is 4.99. The van der Waals surface area contributed by atoms with Crippen LogP contribution in [0.25, 0.3) is 0 Å². The van der Waals surface area contributed by atoms with Crippen molar-refractivity contribution < 1.29 is 18.9 Å². The molecule has 3 aliphatic rings. The Morgan fingerprint density at radius 2 is 1.81 bits per heavy atom. The van der Waals surface area contributed by atoms with Gasteiger partial charge in [-0.25, -0.2) is 0 Å². The van der Waals surface area contributed by atoms with E-state index >= 15 is 0 Å². The lowest BCUT2D eigenvalue weighted by atomic mass is 9.64. The van der Waals surface area contributed by atoms with E-state index in [-0.39, 0.29) is 11.5 Å². The van der Waals surface area contributed by atoms with Gasteiger partial charge in [0.25, 0.3) is 0 Å². The summed E-state index contributed by atoms with van der Waals surface area (Å²) in [6.45, 7) is 15.8. The summed E-state index contributed by atoms with van der Waals surface area (Å²) in [5.74, 6) is 2.10. The molecule has 2 saturated heterocycles. The molecule has 0 bridgehead atoms. The zero-order valence-electron chi connectivity index (χ0n) is 19.2. The van der Waals surface area contributed by atoms with E-state index in [4.69, 9.17) is 18.9 Å². The van der Waals surface area contributed by atoms with Crippen LogP contribution < -0.4 is 4.74 Å². The molecule has 4 rings (SSSR count). The van der Waals surface area contributed by atoms with Crippen LogP contribution in [0.3, 0.4) is 0 Å². The minimum atomic E-state index is 0.0814. The topological polar surface area (TPSA) is 43.5 Å². The first kappa shape index (κ1) is 22.6. The third kappa shape index (κ3) is 5.79. The van der Waals surface area contributed by atoms with Crippen molar-refractivity contribution >= 4 is 0 Å². The van der Waals surface area contributed by atoms with Gasteiger partial charge in [-0.15, -0.1) is 13.2 Å². The van der Waals surface area contributed by atoms with E-state index in [1.54, 1.807) is 0 Å². The fraction of sp³-hybridized carbons (Fsp3) is 0.630. The molecule has 2 aliphatic heterocycles. The van der Waals surface area contributed by atoms with Crippen LogP contribution in [-0.2, 0) is 26.0 Å². The van der Waals surface area contributed by atoms with Crippen LogP contribution in [0.5, 0.6) is 5.75 Å². The van der Waals surface area contributed by atoms with Gasteiger partial charge in [-0.1, -0.05) is 38.1 Å². The van der Waals surface area contributed by atoms with Gasteiger partial charge in [-0.3, -0.25) is 0 Å². The lowest BCUT2D eigenvalue weighted by Gasteiger charge is -2.43. The van der Waals surface area contributed by atoms with Crippen molar-refractivity contribution in [2.24, 2.45) is 11.8 Å². The summed E-state index contributed by atoms with van der Waals surface area (Å²) in [7, 11) is 0. The minimum absolute atomic E-state index is 0.0814. The van der Waals surface area contributed by atoms with Crippen molar-refractivity contribution in [2.75, 3.05) is 26.4 Å². The van der Waals surface area contributed by atoms with Crippen molar-refractivity contribution in [1.82, 2.24) is 0 Å². The van der Waals surface area contributed by atoms with Gasteiger partial charge in [-0.2, -0.15) is 0 Å².